The van der Waals surface area contributed by atoms with Crippen LogP contribution in [-0.4, -0.2) is 38.1 Å². The summed E-state index contributed by atoms with van der Waals surface area (Å²) < 4.78 is 16.5. The van der Waals surface area contributed by atoms with Crippen LogP contribution in [0.25, 0.3) is 0 Å². The summed E-state index contributed by atoms with van der Waals surface area (Å²) in [4.78, 5) is 12.1. The minimum absolute atomic E-state index is 0.0911. The molecule has 0 radical (unpaired) electrons. The van der Waals surface area contributed by atoms with Crippen molar-refractivity contribution in [3.8, 4) is 23.0 Å². The molecule has 0 aliphatic heterocycles. The van der Waals surface area contributed by atoms with Crippen LogP contribution in [0.15, 0.2) is 39.9 Å². The van der Waals surface area contributed by atoms with Crippen molar-refractivity contribution in [1.82, 2.24) is 5.43 Å². The van der Waals surface area contributed by atoms with Gasteiger partial charge in [0.05, 0.1) is 37.1 Å². The standard InChI is InChI=1S/C18H19BrN2O5/c1-4-26-17-14(19)7-11(8-16(17)25-3)10-20-21-18(23)13-6-5-12(24-2)9-15(13)22/h5-10,22H,4H2,1-3H3,(H,21,23)/b20-10-. The predicted molar refractivity (Wildman–Crippen MR) is 102 cm³/mol. The maximum Gasteiger partial charge on any atom is 0.275 e. The number of benzene rings is 2. The van der Waals surface area contributed by atoms with E-state index in [0.29, 0.717) is 33.9 Å². The van der Waals surface area contributed by atoms with E-state index in [1.54, 1.807) is 25.3 Å². The van der Waals surface area contributed by atoms with Crippen molar-refractivity contribution in [1.29, 1.82) is 0 Å². The van der Waals surface area contributed by atoms with Gasteiger partial charge in [-0.2, -0.15) is 5.10 Å². The summed E-state index contributed by atoms with van der Waals surface area (Å²) in [5.41, 5.74) is 3.15. The zero-order chi connectivity index (χ0) is 19.1. The molecule has 0 saturated carbocycles. The Labute approximate surface area is 159 Å². The Bertz CT molecular complexity index is 823. The number of nitrogens with one attached hydrogen (secondary N) is 1. The maximum atomic E-state index is 12.1. The zero-order valence-corrected chi connectivity index (χ0v) is 16.2. The number of nitrogens with zero attached hydrogens (tertiary/aromatic N) is 1. The first-order valence-corrected chi connectivity index (χ1v) is 8.50. The van der Waals surface area contributed by atoms with Gasteiger partial charge < -0.3 is 19.3 Å². The van der Waals surface area contributed by atoms with Gasteiger partial charge in [0, 0.05) is 6.07 Å². The fourth-order valence-electron chi connectivity index (χ4n) is 2.15. The van der Waals surface area contributed by atoms with E-state index in [2.05, 4.69) is 26.5 Å². The number of halogens is 1. The molecule has 0 aromatic heterocycles. The summed E-state index contributed by atoms with van der Waals surface area (Å²) in [6.07, 6.45) is 1.46. The normalized spacial score (nSPS) is 10.6. The molecule has 0 unspecified atom stereocenters. The number of carbonyl (C=O) groups excluding carboxylic acids is 1. The van der Waals surface area contributed by atoms with Crippen LogP contribution in [0.2, 0.25) is 0 Å². The molecule has 2 aromatic carbocycles. The van der Waals surface area contributed by atoms with Gasteiger partial charge in [-0.3, -0.25) is 4.79 Å². The Balaban J connectivity index is 2.13. The van der Waals surface area contributed by atoms with Gasteiger partial charge >= 0.3 is 0 Å². The third-order valence-electron chi connectivity index (χ3n) is 3.37. The van der Waals surface area contributed by atoms with E-state index in [1.165, 1.54) is 25.5 Å². The van der Waals surface area contributed by atoms with Gasteiger partial charge in [0.1, 0.15) is 11.5 Å². The lowest BCUT2D eigenvalue weighted by Crippen LogP contribution is -2.17. The molecule has 138 valence electrons. The lowest BCUT2D eigenvalue weighted by atomic mass is 10.2. The van der Waals surface area contributed by atoms with Gasteiger partial charge in [-0.15, -0.1) is 0 Å². The second-order valence-corrected chi connectivity index (χ2v) is 5.90. The van der Waals surface area contributed by atoms with Gasteiger partial charge in [-0.25, -0.2) is 5.43 Å². The average Bonchev–Trinajstić information content (AvgIpc) is 2.63. The second-order valence-electron chi connectivity index (χ2n) is 5.05. The number of hydrogen-bond donors (Lipinski definition) is 2. The van der Waals surface area contributed by atoms with Crippen molar-refractivity contribution < 1.29 is 24.1 Å². The van der Waals surface area contributed by atoms with E-state index in [9.17, 15) is 9.90 Å². The first kappa shape index (κ1) is 19.6. The smallest absolute Gasteiger partial charge is 0.275 e. The van der Waals surface area contributed by atoms with Crippen molar-refractivity contribution >= 4 is 28.1 Å². The highest BCUT2D eigenvalue weighted by atomic mass is 79.9. The molecule has 26 heavy (non-hydrogen) atoms. The van der Waals surface area contributed by atoms with E-state index in [0.717, 1.165) is 0 Å². The first-order valence-electron chi connectivity index (χ1n) is 7.70. The van der Waals surface area contributed by atoms with E-state index in [-0.39, 0.29) is 11.3 Å². The van der Waals surface area contributed by atoms with Crippen molar-refractivity contribution in [2.75, 3.05) is 20.8 Å². The molecule has 0 aliphatic carbocycles. The average molecular weight is 423 g/mol. The number of amides is 1. The number of rotatable bonds is 7. The van der Waals surface area contributed by atoms with E-state index in [1.807, 2.05) is 6.92 Å². The van der Waals surface area contributed by atoms with Crippen LogP contribution in [0.1, 0.15) is 22.8 Å². The van der Waals surface area contributed by atoms with E-state index >= 15 is 0 Å². The minimum atomic E-state index is -0.543. The van der Waals surface area contributed by atoms with Crippen molar-refractivity contribution in [3.05, 3.63) is 45.9 Å². The van der Waals surface area contributed by atoms with Crippen LogP contribution in [-0.2, 0) is 0 Å². The Morgan fingerprint density at radius 2 is 2.04 bits per heavy atom. The number of phenolic OH excluding ortho intramolecular Hbond substituents is 1. The van der Waals surface area contributed by atoms with Crippen LogP contribution in [0.3, 0.4) is 0 Å². The molecule has 0 heterocycles. The number of ether oxygens (including phenoxy) is 3. The number of carbonyl (C=O) groups is 1. The molecule has 2 aromatic rings. The van der Waals surface area contributed by atoms with Crippen molar-refractivity contribution in [3.63, 3.8) is 0 Å². The molecule has 0 spiro atoms. The monoisotopic (exact) mass is 422 g/mol. The fourth-order valence-corrected chi connectivity index (χ4v) is 2.73. The summed E-state index contributed by atoms with van der Waals surface area (Å²) in [7, 11) is 3.02. The highest BCUT2D eigenvalue weighted by molar-refractivity contribution is 9.10. The largest absolute Gasteiger partial charge is 0.507 e. The van der Waals surface area contributed by atoms with Gasteiger partial charge in [0.15, 0.2) is 11.5 Å². The Morgan fingerprint density at radius 3 is 2.65 bits per heavy atom. The second kappa shape index (κ2) is 9.10. The Morgan fingerprint density at radius 1 is 1.27 bits per heavy atom. The third-order valence-corrected chi connectivity index (χ3v) is 3.96. The van der Waals surface area contributed by atoms with Gasteiger partial charge in [0.25, 0.3) is 5.91 Å². The van der Waals surface area contributed by atoms with Crippen LogP contribution in [0.4, 0.5) is 0 Å². The highest BCUT2D eigenvalue weighted by Crippen LogP contribution is 2.36. The van der Waals surface area contributed by atoms with Crippen LogP contribution in [0.5, 0.6) is 23.0 Å². The van der Waals surface area contributed by atoms with E-state index in [4.69, 9.17) is 14.2 Å². The minimum Gasteiger partial charge on any atom is -0.507 e. The maximum absolute atomic E-state index is 12.1. The molecule has 1 amide bonds. The lowest BCUT2D eigenvalue weighted by molar-refractivity contribution is 0.0952. The Kier molecular flexibility index (Phi) is 6.85. The molecule has 0 saturated heterocycles. The number of methoxy groups -OCH3 is 2. The molecule has 7 nitrogen and oxygen atoms in total. The van der Waals surface area contributed by atoms with Gasteiger partial charge in [0.2, 0.25) is 0 Å². The predicted octanol–water partition coefficient (Wildman–Crippen LogP) is 3.33. The number of hydrogen-bond acceptors (Lipinski definition) is 6. The van der Waals surface area contributed by atoms with Crippen LogP contribution < -0.4 is 19.6 Å². The zero-order valence-electron chi connectivity index (χ0n) is 14.6. The summed E-state index contributed by atoms with van der Waals surface area (Å²) in [5.74, 6) is 0.857. The number of phenols is 1. The summed E-state index contributed by atoms with van der Waals surface area (Å²) >= 11 is 3.42. The molecule has 0 fully saturated rings. The lowest BCUT2D eigenvalue weighted by Gasteiger charge is -2.12. The molecule has 0 atom stereocenters. The van der Waals surface area contributed by atoms with Crippen molar-refractivity contribution in [2.45, 2.75) is 6.92 Å². The molecule has 0 bridgehead atoms. The quantitative estimate of drug-likeness (QED) is 0.527. The first-order chi connectivity index (χ1) is 12.5. The SMILES string of the molecule is CCOc1c(Br)cc(/C=N\NC(=O)c2ccc(OC)cc2O)cc1OC. The molecule has 8 heteroatoms. The van der Waals surface area contributed by atoms with Gasteiger partial charge in [-0.1, -0.05) is 0 Å². The topological polar surface area (TPSA) is 89.4 Å². The summed E-state index contributed by atoms with van der Waals surface area (Å²) in [6, 6.07) is 7.90. The number of aromatic hydroxyl groups is 1. The summed E-state index contributed by atoms with van der Waals surface area (Å²) in [6.45, 7) is 2.38. The molecule has 2 rings (SSSR count). The molecule has 2 N–H and O–H groups in total. The molecule has 0 aliphatic rings. The van der Waals surface area contributed by atoms with Gasteiger partial charge in [-0.05, 0) is 52.7 Å². The molecular formula is C18H19BrN2O5. The highest BCUT2D eigenvalue weighted by Gasteiger charge is 2.12. The van der Waals surface area contributed by atoms with Crippen molar-refractivity contribution in [2.24, 2.45) is 5.10 Å². The number of hydrazone groups is 1. The molecular weight excluding hydrogens is 404 g/mol. The third kappa shape index (κ3) is 4.66. The van der Waals surface area contributed by atoms with Crippen LogP contribution in [0, 0.1) is 0 Å². The summed E-state index contributed by atoms with van der Waals surface area (Å²) in [5, 5.41) is 13.8. The fraction of sp³-hybridized carbons (Fsp3) is 0.222. The van der Waals surface area contributed by atoms with Crippen LogP contribution >= 0.6 is 15.9 Å². The Hall–Kier alpha value is -2.74. The van der Waals surface area contributed by atoms with E-state index < -0.39 is 5.91 Å².